The third kappa shape index (κ3) is 5.22. The van der Waals surface area contributed by atoms with E-state index in [-0.39, 0.29) is 40.8 Å². The Morgan fingerprint density at radius 1 is 1.11 bits per heavy atom. The summed E-state index contributed by atoms with van der Waals surface area (Å²) in [6.07, 6.45) is 4.37. The molecule has 1 fully saturated rings. The van der Waals surface area contributed by atoms with Gasteiger partial charge in [0.25, 0.3) is 11.8 Å². The minimum Gasteiger partial charge on any atom is -0.494 e. The third-order valence-corrected chi connectivity index (χ3v) is 5.36. The van der Waals surface area contributed by atoms with Crippen molar-refractivity contribution in [2.75, 3.05) is 38.8 Å². The van der Waals surface area contributed by atoms with Crippen LogP contribution in [0.25, 0.3) is 11.4 Å². The Balaban J connectivity index is 1.70. The molecule has 0 unspecified atom stereocenters. The highest BCUT2D eigenvalue weighted by Gasteiger charge is 2.30. The summed E-state index contributed by atoms with van der Waals surface area (Å²) >= 11 is 0. The highest BCUT2D eigenvalue weighted by Crippen LogP contribution is 2.37. The maximum absolute atomic E-state index is 12.7. The Morgan fingerprint density at radius 3 is 2.50 bits per heavy atom. The minimum absolute atomic E-state index is 0.0705. The second-order valence-corrected chi connectivity index (χ2v) is 8.22. The van der Waals surface area contributed by atoms with Crippen molar-refractivity contribution in [2.24, 2.45) is 5.92 Å². The molecule has 36 heavy (non-hydrogen) atoms. The van der Waals surface area contributed by atoms with E-state index in [1.54, 1.807) is 32.3 Å². The number of amides is 3. The largest absolute Gasteiger partial charge is 0.494 e. The van der Waals surface area contributed by atoms with Gasteiger partial charge in [-0.3, -0.25) is 14.4 Å². The molecular formula is C24H26N8O4. The Labute approximate surface area is 211 Å². The molecule has 1 aromatic carbocycles. The lowest BCUT2D eigenvalue weighted by Gasteiger charge is -2.16. The van der Waals surface area contributed by atoms with Gasteiger partial charge in [0.15, 0.2) is 23.1 Å². The zero-order valence-electron chi connectivity index (χ0n) is 22.8. The molecule has 1 aliphatic carbocycles. The van der Waals surface area contributed by atoms with Crippen molar-refractivity contribution in [3.8, 4) is 17.1 Å². The van der Waals surface area contributed by atoms with Gasteiger partial charge in [0.1, 0.15) is 0 Å². The molecule has 186 valence electrons. The van der Waals surface area contributed by atoms with E-state index in [1.807, 2.05) is 5.32 Å². The second kappa shape index (κ2) is 10.3. The number of benzene rings is 1. The van der Waals surface area contributed by atoms with Crippen LogP contribution in [-0.2, 0) is 4.79 Å². The van der Waals surface area contributed by atoms with Crippen molar-refractivity contribution < 1.29 is 23.2 Å². The average molecular weight is 494 g/mol. The van der Waals surface area contributed by atoms with Gasteiger partial charge in [0, 0.05) is 49.6 Å². The molecule has 3 N–H and O–H groups in total. The molecule has 0 saturated heterocycles. The van der Waals surface area contributed by atoms with Crippen LogP contribution in [0, 0.1) is 5.92 Å². The molecule has 0 atom stereocenters. The van der Waals surface area contributed by atoms with Crippen LogP contribution in [-0.4, -0.2) is 71.0 Å². The van der Waals surface area contributed by atoms with E-state index < -0.39 is 12.9 Å². The summed E-state index contributed by atoms with van der Waals surface area (Å²) in [6, 6.07) is 6.43. The molecule has 0 aliphatic heterocycles. The van der Waals surface area contributed by atoms with Crippen molar-refractivity contribution in [2.45, 2.75) is 12.8 Å². The van der Waals surface area contributed by atoms with Crippen LogP contribution in [0.4, 0.5) is 17.2 Å². The van der Waals surface area contributed by atoms with Gasteiger partial charge in [0.05, 0.1) is 29.6 Å². The number of nitrogens with zero attached hydrogens (tertiary/aromatic N) is 5. The average Bonchev–Trinajstić information content (AvgIpc) is 3.73. The topological polar surface area (TPSA) is 151 Å². The van der Waals surface area contributed by atoms with Crippen LogP contribution < -0.4 is 20.7 Å². The van der Waals surface area contributed by atoms with Gasteiger partial charge in [-0.15, -0.1) is 10.2 Å². The maximum Gasteiger partial charge on any atom is 0.273 e. The molecule has 0 bridgehead atoms. The number of hydrogen-bond donors (Lipinski definition) is 3. The number of carbonyl (C=O) groups excluding carboxylic acids is 3. The van der Waals surface area contributed by atoms with Gasteiger partial charge in [-0.1, -0.05) is 6.07 Å². The van der Waals surface area contributed by atoms with Crippen molar-refractivity contribution in [3.05, 3.63) is 47.9 Å². The van der Waals surface area contributed by atoms with Crippen LogP contribution in [0.5, 0.6) is 5.75 Å². The number of carbonyl (C=O) groups is 3. The number of anilines is 3. The molecule has 3 aromatic rings. The number of ether oxygens (including phenoxy) is 1. The second-order valence-electron chi connectivity index (χ2n) is 8.22. The lowest BCUT2D eigenvalue weighted by Crippen LogP contribution is -2.22. The Hall–Kier alpha value is -4.61. The summed E-state index contributed by atoms with van der Waals surface area (Å²) in [5, 5.41) is 15.3. The van der Waals surface area contributed by atoms with Crippen LogP contribution in [0.3, 0.4) is 0 Å². The Morgan fingerprint density at radius 2 is 1.86 bits per heavy atom. The van der Waals surface area contributed by atoms with Gasteiger partial charge < -0.3 is 25.6 Å². The van der Waals surface area contributed by atoms with E-state index in [4.69, 9.17) is 8.85 Å². The van der Waals surface area contributed by atoms with Crippen molar-refractivity contribution in [1.29, 1.82) is 0 Å². The Bertz CT molecular complexity index is 1410. The zero-order valence-corrected chi connectivity index (χ0v) is 19.8. The smallest absolute Gasteiger partial charge is 0.273 e. The predicted octanol–water partition coefficient (Wildman–Crippen LogP) is 2.10. The van der Waals surface area contributed by atoms with E-state index in [0.717, 1.165) is 12.8 Å². The lowest BCUT2D eigenvalue weighted by atomic mass is 10.1. The van der Waals surface area contributed by atoms with E-state index in [0.29, 0.717) is 22.6 Å². The number of aromatic nitrogens is 4. The summed E-state index contributed by atoms with van der Waals surface area (Å²) < 4.78 is 27.7. The molecule has 4 rings (SSSR count). The van der Waals surface area contributed by atoms with Crippen LogP contribution in [0.15, 0.2) is 36.7 Å². The first kappa shape index (κ1) is 20.7. The van der Waals surface area contributed by atoms with Crippen LogP contribution >= 0.6 is 0 Å². The van der Waals surface area contributed by atoms with Gasteiger partial charge in [-0.2, -0.15) is 0 Å². The molecule has 1 aliphatic rings. The quantitative estimate of drug-likeness (QED) is 0.428. The van der Waals surface area contributed by atoms with Crippen LogP contribution in [0.1, 0.15) is 37.8 Å². The van der Waals surface area contributed by atoms with Gasteiger partial charge in [-0.05, 0) is 25.0 Å². The Kier molecular flexibility index (Phi) is 5.95. The first-order valence-electron chi connectivity index (χ1n) is 12.5. The van der Waals surface area contributed by atoms with E-state index in [9.17, 15) is 14.4 Å². The summed E-state index contributed by atoms with van der Waals surface area (Å²) in [4.78, 5) is 47.2. The fourth-order valence-electron chi connectivity index (χ4n) is 3.36. The molecule has 2 aromatic heterocycles. The fraction of sp³-hybridized carbons (Fsp3) is 0.292. The van der Waals surface area contributed by atoms with Crippen molar-refractivity contribution in [1.82, 2.24) is 30.4 Å². The standard InChI is InChI=1S/C24H26N8O4/c1-25-23(34)19-17(10-18(30-31-19)29-22(33)13-8-9-13)28-16-7-5-6-15(20(16)36-4)21-26-11-14(12-27-21)24(35)32(2)3/h5-7,10-13H,8-9H2,1-4H3,(H,25,34)(H2,28,29,30,33)/i1D3. The number of methoxy groups -OCH3 is 1. The normalized spacial score (nSPS) is 14.0. The first-order valence-corrected chi connectivity index (χ1v) is 11.0. The minimum atomic E-state index is -2.76. The number of hydrogen-bond acceptors (Lipinski definition) is 9. The molecule has 12 nitrogen and oxygen atoms in total. The molecule has 0 radical (unpaired) electrons. The summed E-state index contributed by atoms with van der Waals surface area (Å²) in [5.74, 6) is -0.908. The first-order chi connectivity index (χ1) is 18.5. The summed E-state index contributed by atoms with van der Waals surface area (Å²) in [7, 11) is 4.68. The van der Waals surface area contributed by atoms with E-state index in [1.165, 1.54) is 30.5 Å². The molecule has 0 spiro atoms. The zero-order chi connectivity index (χ0) is 28.3. The molecule has 12 heteroatoms. The SMILES string of the molecule is [2H]C([2H])([2H])NC(=O)c1nnc(NC(=O)C2CC2)cc1Nc1cccc(-c2ncc(C(=O)N(C)C)cn2)c1OC. The fourth-order valence-corrected chi connectivity index (χ4v) is 3.36. The highest BCUT2D eigenvalue weighted by atomic mass is 16.5. The number of rotatable bonds is 8. The van der Waals surface area contributed by atoms with E-state index >= 15 is 0 Å². The number of nitrogens with one attached hydrogen (secondary N) is 3. The number of para-hydroxylation sites is 1. The van der Waals surface area contributed by atoms with Crippen molar-refractivity contribution >= 4 is 34.9 Å². The van der Waals surface area contributed by atoms with Gasteiger partial charge in [0.2, 0.25) is 5.91 Å². The summed E-state index contributed by atoms with van der Waals surface area (Å²) in [5.41, 5.74) is 0.907. The van der Waals surface area contributed by atoms with Gasteiger partial charge in [-0.25, -0.2) is 9.97 Å². The summed E-state index contributed by atoms with van der Waals surface area (Å²) in [6.45, 7) is -2.76. The van der Waals surface area contributed by atoms with E-state index in [2.05, 4.69) is 30.8 Å². The van der Waals surface area contributed by atoms with Crippen molar-refractivity contribution in [3.63, 3.8) is 0 Å². The molecule has 2 heterocycles. The highest BCUT2D eigenvalue weighted by molar-refractivity contribution is 6.00. The third-order valence-electron chi connectivity index (χ3n) is 5.36. The molecular weight excluding hydrogens is 464 g/mol. The lowest BCUT2D eigenvalue weighted by molar-refractivity contribution is -0.117. The molecule has 3 amide bonds. The maximum atomic E-state index is 12.7. The monoisotopic (exact) mass is 493 g/mol. The van der Waals surface area contributed by atoms with Crippen LogP contribution in [0.2, 0.25) is 0 Å². The molecule has 1 saturated carbocycles. The van der Waals surface area contributed by atoms with Gasteiger partial charge >= 0.3 is 0 Å². The predicted molar refractivity (Wildman–Crippen MR) is 132 cm³/mol.